The van der Waals surface area contributed by atoms with Crippen LogP contribution >= 0.6 is 0 Å². The molecule has 1 aromatic rings. The fraction of sp³-hybridized carbons (Fsp3) is 0.877. The molecule has 28 unspecified atom stereocenters. The van der Waals surface area contributed by atoms with E-state index in [1.807, 2.05) is 162 Å². The van der Waals surface area contributed by atoms with E-state index >= 15 is 0 Å². The van der Waals surface area contributed by atoms with Gasteiger partial charge in [-0.1, -0.05) is 111 Å². The molecular formula is C114H182O24. The van der Waals surface area contributed by atoms with Crippen LogP contribution in [0.5, 0.6) is 0 Å². The molecule has 28 atom stereocenters. The second kappa shape index (κ2) is 46.2. The molecule has 782 valence electrons. The summed E-state index contributed by atoms with van der Waals surface area (Å²) in [5.74, 6) is 3.88. The van der Waals surface area contributed by atoms with Crippen LogP contribution in [0.15, 0.2) is 42.5 Å². The Labute approximate surface area is 828 Å². The normalized spacial score (nSPS) is 37.2. The number of benzene rings is 1. The van der Waals surface area contributed by atoms with Gasteiger partial charge in [-0.3, -0.25) is 28.8 Å². The predicted octanol–water partition coefficient (Wildman–Crippen LogP) is 23.6. The molecule has 6 heterocycles. The van der Waals surface area contributed by atoms with Gasteiger partial charge < -0.3 is 85.3 Å². The van der Waals surface area contributed by atoms with Crippen LogP contribution in [0.3, 0.4) is 0 Å². The Morgan fingerprint density at radius 1 is 0.341 bits per heavy atom. The highest BCUT2D eigenvalue weighted by Crippen LogP contribution is 2.61. The van der Waals surface area contributed by atoms with Gasteiger partial charge in [-0.15, -0.1) is 0 Å². The summed E-state index contributed by atoms with van der Waals surface area (Å²) < 4.78 is 109. The van der Waals surface area contributed by atoms with Crippen LogP contribution in [0.4, 0.5) is 0 Å². The first-order chi connectivity index (χ1) is 65.6. The number of ether oxygens (including phenoxy) is 18. The number of hydrogen-bond donors (Lipinski definition) is 0. The third-order valence-electron chi connectivity index (χ3n) is 36.6. The van der Waals surface area contributed by atoms with Crippen molar-refractivity contribution in [2.45, 2.75) is 492 Å². The summed E-state index contributed by atoms with van der Waals surface area (Å²) in [5.41, 5.74) is -1.23. The van der Waals surface area contributed by atoms with Crippen LogP contribution in [0.2, 0.25) is 0 Å². The number of fused-ring (bicyclic) bond motifs is 18. The van der Waals surface area contributed by atoms with Crippen LogP contribution < -0.4 is 0 Å². The van der Waals surface area contributed by atoms with Gasteiger partial charge in [0.2, 0.25) is 0 Å². The minimum atomic E-state index is -0.469. The molecule has 24 heteroatoms. The first kappa shape index (κ1) is 109. The molecule has 3 spiro atoms. The topological polar surface area (TPSA) is 269 Å². The van der Waals surface area contributed by atoms with Gasteiger partial charge in [0.05, 0.1) is 145 Å². The molecule has 0 aromatic heterocycles. The fourth-order valence-electron chi connectivity index (χ4n) is 24.7. The van der Waals surface area contributed by atoms with Gasteiger partial charge in [0, 0.05) is 37.7 Å². The van der Waals surface area contributed by atoms with Crippen molar-refractivity contribution in [2.24, 2.45) is 104 Å². The van der Waals surface area contributed by atoms with Crippen molar-refractivity contribution >= 4 is 35.8 Å². The zero-order valence-electron chi connectivity index (χ0n) is 88.8. The van der Waals surface area contributed by atoms with Crippen molar-refractivity contribution in [1.29, 1.82) is 0 Å². The lowest BCUT2D eigenvalue weighted by Crippen LogP contribution is -2.37. The van der Waals surface area contributed by atoms with Crippen molar-refractivity contribution in [2.75, 3.05) is 39.6 Å². The SMILES string of the molecule is CCC(C)(C)C(=O)OCC1CC2CC1C1OC3(CCCCC3)OC21.CCC(C)(C)C(=O)OCC1CCC2OC(c3ccccc3)OC2C1.CCC(C)(C)C(=O)OCC1CCC2OC3(C=CCCC3)OC2C1.CCC(C)(C)C(=O)OCC1CCC2OC3(CCCCC3)OC2C1.CCC1(C)OC2C3CC(COC(=O)C(C)(C)CC)C(C3)C2O1.CCCC1OC2C3CC(COC(=O)C(C)(C)CC)C(C3)C2O1. The van der Waals surface area contributed by atoms with E-state index in [9.17, 15) is 28.8 Å². The standard InChI is InChI=1S/C20H32O4.C20H28O4.C19H32O4.C19H30O4.2C18H30O4/c1-4-19(2,3)18(21)22-12-14-10-13-11-15(14)17-16(13)23-20(24-17)8-6-5-7-9-20;1-4-20(2,3)19(21)22-13-14-10-11-16-17(12-14)24-18(23-16)15-8-6-5-7-9-15;2*1-4-18(2,3)17(20)21-13-14-8-9-15-16(12-14)23-19(22-15)10-6-5-7-11-19;1-6-17(3,4)16(19)20-10-12-8-11-9-13(12)15-14(11)21-18(5,7-2)22-15;1-5-7-14-21-15-11-8-12(13(9-11)16(15)22-14)10-20-17(19)18(3,4)6-2/h13-17H,4-12H2,1-3H3;5-9,14,16-18H,4,10-13H2,1-3H3;14-16H,4-13H2,1-3H3;6,10,14-16H,4-5,7-9,11-13H2,1-3H3;11-15H,6-10H2,1-5H3;11-16H,5-10H2,1-4H3. The monoisotopic (exact) mass is 1940 g/mol. The molecule has 11 saturated carbocycles. The Bertz CT molecular complexity index is 4140. The Morgan fingerprint density at radius 2 is 0.696 bits per heavy atom. The van der Waals surface area contributed by atoms with Crippen molar-refractivity contribution in [3.05, 3.63) is 48.0 Å². The Kier molecular flexibility index (Phi) is 36.5. The lowest BCUT2D eigenvalue weighted by atomic mass is 9.85. The van der Waals surface area contributed by atoms with E-state index in [1.54, 1.807) is 0 Å². The quantitative estimate of drug-likeness (QED) is 0.0428. The minimum absolute atomic E-state index is 0.00868. The molecule has 138 heavy (non-hydrogen) atoms. The summed E-state index contributed by atoms with van der Waals surface area (Å²) in [4.78, 5) is 72.9. The third-order valence-corrected chi connectivity index (χ3v) is 36.6. The molecule has 0 N–H and O–H groups in total. The molecule has 24 nitrogen and oxygen atoms in total. The molecule has 19 rings (SSSR count). The van der Waals surface area contributed by atoms with Crippen molar-refractivity contribution in [3.8, 4) is 0 Å². The number of rotatable bonds is 28. The van der Waals surface area contributed by atoms with Crippen molar-refractivity contribution < 1.29 is 114 Å². The van der Waals surface area contributed by atoms with Gasteiger partial charge in [0.1, 0.15) is 0 Å². The van der Waals surface area contributed by atoms with Crippen LogP contribution in [0.25, 0.3) is 0 Å². The van der Waals surface area contributed by atoms with Crippen LogP contribution in [-0.2, 0) is 114 Å². The Morgan fingerprint density at radius 3 is 1.13 bits per heavy atom. The van der Waals surface area contributed by atoms with Gasteiger partial charge in [-0.2, -0.15) is 0 Å². The van der Waals surface area contributed by atoms with Gasteiger partial charge in [-0.05, 0) is 353 Å². The van der Waals surface area contributed by atoms with Gasteiger partial charge in [0.15, 0.2) is 35.7 Å². The number of esters is 6. The van der Waals surface area contributed by atoms with Crippen LogP contribution in [0.1, 0.15) is 395 Å². The first-order valence-electron chi connectivity index (χ1n) is 55.4. The van der Waals surface area contributed by atoms with E-state index < -0.39 is 17.0 Å². The highest BCUT2D eigenvalue weighted by molar-refractivity contribution is 5.78. The third kappa shape index (κ3) is 25.7. The molecule has 6 saturated heterocycles. The summed E-state index contributed by atoms with van der Waals surface area (Å²) in [6, 6.07) is 10.1. The lowest BCUT2D eigenvalue weighted by Gasteiger charge is -2.33. The molecule has 18 aliphatic rings. The molecule has 0 radical (unpaired) electrons. The Hall–Kier alpha value is -4.70. The van der Waals surface area contributed by atoms with E-state index in [0.717, 1.165) is 192 Å². The Balaban J connectivity index is 0.000000132. The molecule has 1 aromatic carbocycles. The lowest BCUT2D eigenvalue weighted by molar-refractivity contribution is -0.203. The maximum absolute atomic E-state index is 12.3. The van der Waals surface area contributed by atoms with E-state index in [4.69, 9.17) is 85.3 Å². The highest BCUT2D eigenvalue weighted by atomic mass is 16.8. The average Bonchev–Trinajstić information content (AvgIpc) is 1.54. The molecule has 12 aliphatic carbocycles. The minimum Gasteiger partial charge on any atom is -0.465 e. The number of carbonyl (C=O) groups excluding carboxylic acids is 6. The van der Waals surface area contributed by atoms with E-state index in [2.05, 4.69) is 26.0 Å². The predicted molar refractivity (Wildman–Crippen MR) is 524 cm³/mol. The average molecular weight is 1940 g/mol. The molecule has 6 aliphatic heterocycles. The number of hydrogen-bond acceptors (Lipinski definition) is 24. The maximum atomic E-state index is 12.3. The zero-order valence-corrected chi connectivity index (χ0v) is 88.8. The highest BCUT2D eigenvalue weighted by Gasteiger charge is 2.65. The smallest absolute Gasteiger partial charge is 0.311 e. The second-order valence-electron chi connectivity index (χ2n) is 49.0. The summed E-state index contributed by atoms with van der Waals surface area (Å²) in [5, 5.41) is 0. The van der Waals surface area contributed by atoms with Crippen molar-refractivity contribution in [3.63, 3.8) is 0 Å². The second-order valence-corrected chi connectivity index (χ2v) is 49.0. The van der Waals surface area contributed by atoms with Gasteiger partial charge in [-0.25, -0.2) is 0 Å². The molecular weight excluding hydrogens is 1750 g/mol. The van der Waals surface area contributed by atoms with Crippen molar-refractivity contribution in [1.82, 2.24) is 0 Å². The molecule has 6 bridgehead atoms. The van der Waals surface area contributed by atoms with Gasteiger partial charge >= 0.3 is 35.8 Å². The zero-order chi connectivity index (χ0) is 99.1. The fourth-order valence-corrected chi connectivity index (χ4v) is 24.7. The number of carbonyl (C=O) groups is 6. The summed E-state index contributed by atoms with van der Waals surface area (Å²) >= 11 is 0. The largest absolute Gasteiger partial charge is 0.465 e. The van der Waals surface area contributed by atoms with Crippen LogP contribution in [-0.4, -0.2) is 178 Å². The first-order valence-corrected chi connectivity index (χ1v) is 55.4. The molecule has 17 fully saturated rings. The summed E-state index contributed by atoms with van der Waals surface area (Å²) in [7, 11) is 0. The summed E-state index contributed by atoms with van der Waals surface area (Å²) in [6.45, 7) is 45.0. The van der Waals surface area contributed by atoms with E-state index in [-0.39, 0.29) is 148 Å². The maximum Gasteiger partial charge on any atom is 0.311 e. The van der Waals surface area contributed by atoms with Crippen LogP contribution in [0, 0.1) is 104 Å². The van der Waals surface area contributed by atoms with E-state index in [1.165, 1.54) is 51.4 Å². The van der Waals surface area contributed by atoms with Gasteiger partial charge in [0.25, 0.3) is 0 Å². The van der Waals surface area contributed by atoms with E-state index in [0.29, 0.717) is 123 Å². The summed E-state index contributed by atoms with van der Waals surface area (Å²) in [6.07, 6.45) is 45.1. The molecule has 0 amide bonds. The number of allylic oxidation sites excluding steroid dienone is 1.